The van der Waals surface area contributed by atoms with Crippen molar-refractivity contribution in [3.8, 4) is 5.75 Å². The van der Waals surface area contributed by atoms with E-state index >= 15 is 0 Å². The van der Waals surface area contributed by atoms with Crippen LogP contribution in [-0.4, -0.2) is 30.0 Å². The molecule has 23 heavy (non-hydrogen) atoms. The van der Waals surface area contributed by atoms with Gasteiger partial charge in [0.05, 0.1) is 18.7 Å². The van der Waals surface area contributed by atoms with Crippen LogP contribution in [-0.2, 0) is 6.42 Å². The van der Waals surface area contributed by atoms with Gasteiger partial charge in [0.15, 0.2) is 0 Å². The highest BCUT2D eigenvalue weighted by Crippen LogP contribution is 2.24. The molecule has 0 radical (unpaired) electrons. The van der Waals surface area contributed by atoms with E-state index in [1.807, 2.05) is 24.3 Å². The lowest BCUT2D eigenvalue weighted by molar-refractivity contribution is 0.0171. The summed E-state index contributed by atoms with van der Waals surface area (Å²) in [6.07, 6.45) is 0.837. The fourth-order valence-corrected chi connectivity index (χ4v) is 2.76. The molecule has 0 N–H and O–H groups in total. The number of para-hydroxylation sites is 1. The molecule has 2 aromatic rings. The van der Waals surface area contributed by atoms with Crippen LogP contribution in [0.2, 0.25) is 5.02 Å². The van der Waals surface area contributed by atoms with Gasteiger partial charge in [-0.05, 0) is 36.2 Å². The van der Waals surface area contributed by atoms with Crippen molar-refractivity contribution >= 4 is 17.5 Å². The van der Waals surface area contributed by atoms with E-state index in [4.69, 9.17) is 16.3 Å². The fourth-order valence-electron chi connectivity index (χ4n) is 2.60. The van der Waals surface area contributed by atoms with Gasteiger partial charge in [0.1, 0.15) is 17.7 Å². The molecule has 1 saturated heterocycles. The number of amides is 1. The zero-order valence-electron chi connectivity index (χ0n) is 12.8. The number of hydrogen-bond acceptors (Lipinski definition) is 2. The Morgan fingerprint density at radius 1 is 1.30 bits per heavy atom. The molecule has 5 heteroatoms. The van der Waals surface area contributed by atoms with Crippen LogP contribution >= 0.6 is 11.6 Å². The predicted octanol–water partition coefficient (Wildman–Crippen LogP) is 3.94. The van der Waals surface area contributed by atoms with Crippen LogP contribution in [0.3, 0.4) is 0 Å². The van der Waals surface area contributed by atoms with E-state index in [9.17, 15) is 9.18 Å². The lowest BCUT2D eigenvalue weighted by Crippen LogP contribution is -2.56. The number of carbonyl (C=O) groups is 1. The molecule has 0 saturated carbocycles. The summed E-state index contributed by atoms with van der Waals surface area (Å²) in [7, 11) is 0. The number of likely N-dealkylation sites (tertiary alicyclic amines) is 1. The molecule has 0 bridgehead atoms. The molecule has 120 valence electrons. The average molecular weight is 334 g/mol. The normalized spacial score (nSPS) is 14.5. The highest BCUT2D eigenvalue weighted by atomic mass is 35.5. The van der Waals surface area contributed by atoms with Crippen LogP contribution in [0.4, 0.5) is 4.39 Å². The molecule has 3 rings (SSSR count). The zero-order valence-corrected chi connectivity index (χ0v) is 13.5. The second kappa shape index (κ2) is 6.59. The van der Waals surface area contributed by atoms with Crippen molar-refractivity contribution in [2.24, 2.45) is 0 Å². The van der Waals surface area contributed by atoms with Gasteiger partial charge in [-0.3, -0.25) is 4.79 Å². The van der Waals surface area contributed by atoms with Crippen LogP contribution in [0.15, 0.2) is 42.5 Å². The Hall–Kier alpha value is -2.07. The maximum atomic E-state index is 13.8. The van der Waals surface area contributed by atoms with Crippen molar-refractivity contribution in [1.29, 1.82) is 0 Å². The second-order valence-corrected chi connectivity index (χ2v) is 5.97. The first-order chi connectivity index (χ1) is 11.1. The molecule has 0 unspecified atom stereocenters. The van der Waals surface area contributed by atoms with Crippen LogP contribution < -0.4 is 4.74 Å². The third-order valence-electron chi connectivity index (χ3n) is 3.94. The minimum Gasteiger partial charge on any atom is -0.486 e. The summed E-state index contributed by atoms with van der Waals surface area (Å²) in [4.78, 5) is 13.8. The summed E-state index contributed by atoms with van der Waals surface area (Å²) in [5.41, 5.74) is 1.18. The maximum absolute atomic E-state index is 13.8. The number of benzene rings is 2. The average Bonchev–Trinajstić information content (AvgIpc) is 2.50. The zero-order chi connectivity index (χ0) is 16.4. The molecule has 1 fully saturated rings. The fraction of sp³-hybridized carbons (Fsp3) is 0.278. The number of ether oxygens (including phenoxy) is 1. The highest BCUT2D eigenvalue weighted by Gasteiger charge is 2.34. The molecule has 1 amide bonds. The Labute approximate surface area is 139 Å². The summed E-state index contributed by atoms with van der Waals surface area (Å²) in [5, 5.41) is 0.278. The van der Waals surface area contributed by atoms with Gasteiger partial charge >= 0.3 is 0 Å². The number of nitrogens with zero attached hydrogens (tertiary/aromatic N) is 1. The standard InChI is InChI=1S/C18H17ClFNO2/c1-2-12-5-3-4-6-17(12)23-14-10-21(11-14)18(22)15-8-7-13(19)9-16(15)20/h3-9,14H,2,10-11H2,1H3. The molecule has 0 spiro atoms. The second-order valence-electron chi connectivity index (χ2n) is 5.54. The predicted molar refractivity (Wildman–Crippen MR) is 87.5 cm³/mol. The van der Waals surface area contributed by atoms with Gasteiger partial charge in [-0.1, -0.05) is 36.7 Å². The number of carbonyl (C=O) groups excluding carboxylic acids is 1. The monoisotopic (exact) mass is 333 g/mol. The van der Waals surface area contributed by atoms with E-state index in [0.717, 1.165) is 23.8 Å². The largest absolute Gasteiger partial charge is 0.486 e. The summed E-state index contributed by atoms with van der Waals surface area (Å²) in [6, 6.07) is 12.0. The Morgan fingerprint density at radius 2 is 2.04 bits per heavy atom. The molecule has 1 aliphatic heterocycles. The highest BCUT2D eigenvalue weighted by molar-refractivity contribution is 6.30. The van der Waals surface area contributed by atoms with Gasteiger partial charge in [-0.2, -0.15) is 0 Å². The minimum absolute atomic E-state index is 0.0433. The number of aryl methyl sites for hydroxylation is 1. The lowest BCUT2D eigenvalue weighted by Gasteiger charge is -2.39. The first-order valence-corrected chi connectivity index (χ1v) is 7.95. The van der Waals surface area contributed by atoms with Gasteiger partial charge < -0.3 is 9.64 Å². The van der Waals surface area contributed by atoms with Crippen molar-refractivity contribution in [2.75, 3.05) is 13.1 Å². The summed E-state index contributed by atoms with van der Waals surface area (Å²) >= 11 is 5.71. The molecule has 2 aromatic carbocycles. The maximum Gasteiger partial charge on any atom is 0.257 e. The quantitative estimate of drug-likeness (QED) is 0.848. The first kappa shape index (κ1) is 15.8. The van der Waals surface area contributed by atoms with E-state index in [1.165, 1.54) is 12.1 Å². The van der Waals surface area contributed by atoms with Gasteiger partial charge in [0.25, 0.3) is 5.91 Å². The topological polar surface area (TPSA) is 29.5 Å². The van der Waals surface area contributed by atoms with E-state index in [0.29, 0.717) is 13.1 Å². The summed E-state index contributed by atoms with van der Waals surface area (Å²) in [6.45, 7) is 2.99. The van der Waals surface area contributed by atoms with Crippen LogP contribution in [0, 0.1) is 5.82 Å². The lowest BCUT2D eigenvalue weighted by atomic mass is 10.1. The van der Waals surface area contributed by atoms with Crippen LogP contribution in [0.5, 0.6) is 5.75 Å². The Balaban J connectivity index is 1.61. The first-order valence-electron chi connectivity index (χ1n) is 7.57. The van der Waals surface area contributed by atoms with Gasteiger partial charge in [0, 0.05) is 5.02 Å². The van der Waals surface area contributed by atoms with Gasteiger partial charge in [-0.25, -0.2) is 4.39 Å². The van der Waals surface area contributed by atoms with E-state index < -0.39 is 5.82 Å². The Morgan fingerprint density at radius 3 is 2.74 bits per heavy atom. The van der Waals surface area contributed by atoms with Gasteiger partial charge in [-0.15, -0.1) is 0 Å². The third-order valence-corrected chi connectivity index (χ3v) is 4.18. The molecule has 1 heterocycles. The van der Waals surface area contributed by atoms with Crippen molar-refractivity contribution in [2.45, 2.75) is 19.4 Å². The van der Waals surface area contributed by atoms with Gasteiger partial charge in [0.2, 0.25) is 0 Å². The smallest absolute Gasteiger partial charge is 0.257 e. The van der Waals surface area contributed by atoms with Crippen molar-refractivity contribution in [1.82, 2.24) is 4.90 Å². The van der Waals surface area contributed by atoms with Crippen LogP contribution in [0.25, 0.3) is 0 Å². The summed E-state index contributed by atoms with van der Waals surface area (Å²) in [5.74, 6) is -0.0734. The molecular formula is C18H17ClFNO2. The third kappa shape index (κ3) is 3.32. The molecular weight excluding hydrogens is 317 g/mol. The molecule has 0 atom stereocenters. The van der Waals surface area contributed by atoms with Crippen molar-refractivity contribution < 1.29 is 13.9 Å². The SMILES string of the molecule is CCc1ccccc1OC1CN(C(=O)c2ccc(Cl)cc2F)C1. The van der Waals surface area contributed by atoms with Crippen molar-refractivity contribution in [3.05, 3.63) is 64.4 Å². The molecule has 3 nitrogen and oxygen atoms in total. The number of rotatable bonds is 4. The Bertz CT molecular complexity index is 729. The Kier molecular flexibility index (Phi) is 4.53. The van der Waals surface area contributed by atoms with Crippen LogP contribution in [0.1, 0.15) is 22.8 Å². The molecule has 0 aliphatic carbocycles. The van der Waals surface area contributed by atoms with E-state index in [1.54, 1.807) is 4.90 Å². The number of hydrogen-bond donors (Lipinski definition) is 0. The molecule has 0 aromatic heterocycles. The number of halogens is 2. The molecule has 1 aliphatic rings. The minimum atomic E-state index is -0.594. The summed E-state index contributed by atoms with van der Waals surface area (Å²) < 4.78 is 19.7. The van der Waals surface area contributed by atoms with E-state index in [2.05, 4.69) is 6.92 Å². The van der Waals surface area contributed by atoms with Crippen molar-refractivity contribution in [3.63, 3.8) is 0 Å². The van der Waals surface area contributed by atoms with E-state index in [-0.39, 0.29) is 22.6 Å².